The predicted octanol–water partition coefficient (Wildman–Crippen LogP) is 2.57. The lowest BCUT2D eigenvalue weighted by molar-refractivity contribution is 0.418. The smallest absolute Gasteiger partial charge is 0.120 e. The van der Waals surface area contributed by atoms with E-state index < -0.39 is 0 Å². The van der Waals surface area contributed by atoms with Crippen molar-refractivity contribution in [3.05, 3.63) is 17.2 Å². The van der Waals surface area contributed by atoms with Crippen molar-refractivity contribution in [3.8, 4) is 0 Å². The molecular weight excluding hydrogens is 198 g/mol. The van der Waals surface area contributed by atoms with Gasteiger partial charge in [-0.2, -0.15) is 0 Å². The topological polar surface area (TPSA) is 40.7 Å². The summed E-state index contributed by atoms with van der Waals surface area (Å²) in [5.41, 5.74) is 2.84. The SMILES string of the molecule is CC(C)(C)NCc1nc2c([nH]1)CCCCC2. The highest BCUT2D eigenvalue weighted by atomic mass is 15.0. The van der Waals surface area contributed by atoms with Crippen LogP contribution in [-0.4, -0.2) is 15.5 Å². The number of rotatable bonds is 2. The zero-order chi connectivity index (χ0) is 11.6. The minimum Gasteiger partial charge on any atom is -0.345 e. The fourth-order valence-electron chi connectivity index (χ4n) is 2.12. The van der Waals surface area contributed by atoms with Crippen molar-refractivity contribution in [2.24, 2.45) is 0 Å². The summed E-state index contributed by atoms with van der Waals surface area (Å²) in [5.74, 6) is 1.10. The average Bonchev–Trinajstić information content (AvgIpc) is 2.45. The molecule has 0 unspecified atom stereocenters. The summed E-state index contributed by atoms with van der Waals surface area (Å²) in [6, 6.07) is 0. The van der Waals surface area contributed by atoms with Crippen LogP contribution >= 0.6 is 0 Å². The van der Waals surface area contributed by atoms with E-state index in [9.17, 15) is 0 Å². The molecule has 0 spiro atoms. The number of nitrogens with one attached hydrogen (secondary N) is 2. The highest BCUT2D eigenvalue weighted by molar-refractivity contribution is 5.16. The minimum absolute atomic E-state index is 0.157. The first-order valence-electron chi connectivity index (χ1n) is 6.36. The van der Waals surface area contributed by atoms with Crippen LogP contribution in [0.3, 0.4) is 0 Å². The van der Waals surface area contributed by atoms with Gasteiger partial charge in [0.05, 0.1) is 12.2 Å². The summed E-state index contributed by atoms with van der Waals surface area (Å²) in [5, 5.41) is 3.47. The monoisotopic (exact) mass is 221 g/mol. The van der Waals surface area contributed by atoms with E-state index in [1.807, 2.05) is 0 Å². The summed E-state index contributed by atoms with van der Waals surface area (Å²) in [7, 11) is 0. The lowest BCUT2D eigenvalue weighted by Crippen LogP contribution is -2.35. The van der Waals surface area contributed by atoms with E-state index >= 15 is 0 Å². The number of aromatic amines is 1. The Labute approximate surface area is 98.1 Å². The average molecular weight is 221 g/mol. The minimum atomic E-state index is 0.157. The molecule has 0 amide bonds. The second kappa shape index (κ2) is 4.58. The number of nitrogens with zero attached hydrogens (tertiary/aromatic N) is 1. The number of aromatic nitrogens is 2. The van der Waals surface area contributed by atoms with Crippen molar-refractivity contribution >= 4 is 0 Å². The summed E-state index contributed by atoms with van der Waals surface area (Å²) >= 11 is 0. The van der Waals surface area contributed by atoms with Gasteiger partial charge < -0.3 is 10.3 Å². The van der Waals surface area contributed by atoms with Gasteiger partial charge >= 0.3 is 0 Å². The molecule has 0 aromatic carbocycles. The van der Waals surface area contributed by atoms with Gasteiger partial charge in [-0.25, -0.2) is 4.98 Å². The van der Waals surface area contributed by atoms with Crippen LogP contribution in [0.1, 0.15) is 57.2 Å². The van der Waals surface area contributed by atoms with Gasteiger partial charge in [0, 0.05) is 11.2 Å². The summed E-state index contributed by atoms with van der Waals surface area (Å²) in [6.07, 6.45) is 6.28. The van der Waals surface area contributed by atoms with Gasteiger partial charge in [0.15, 0.2) is 0 Å². The molecule has 0 bridgehead atoms. The highest BCUT2D eigenvalue weighted by Crippen LogP contribution is 2.18. The molecule has 0 saturated carbocycles. The third-order valence-electron chi connectivity index (χ3n) is 3.04. The quantitative estimate of drug-likeness (QED) is 0.754. The van der Waals surface area contributed by atoms with Gasteiger partial charge in [0.25, 0.3) is 0 Å². The van der Waals surface area contributed by atoms with Gasteiger partial charge in [-0.1, -0.05) is 6.42 Å². The molecule has 0 fully saturated rings. The van der Waals surface area contributed by atoms with Crippen molar-refractivity contribution in [2.75, 3.05) is 0 Å². The molecule has 0 saturated heterocycles. The highest BCUT2D eigenvalue weighted by Gasteiger charge is 2.14. The molecule has 90 valence electrons. The summed E-state index contributed by atoms with van der Waals surface area (Å²) in [4.78, 5) is 8.17. The van der Waals surface area contributed by atoms with Gasteiger partial charge in [0.2, 0.25) is 0 Å². The number of aryl methyl sites for hydroxylation is 2. The molecule has 2 N–H and O–H groups in total. The Bertz CT molecular complexity index is 323. The molecule has 2 rings (SSSR count). The largest absolute Gasteiger partial charge is 0.345 e. The lowest BCUT2D eigenvalue weighted by atomic mass is 10.1. The summed E-state index contributed by atoms with van der Waals surface area (Å²) in [6.45, 7) is 7.39. The molecular formula is C13H23N3. The van der Waals surface area contributed by atoms with Crippen LogP contribution in [0.25, 0.3) is 0 Å². The van der Waals surface area contributed by atoms with Gasteiger partial charge in [-0.15, -0.1) is 0 Å². The zero-order valence-corrected chi connectivity index (χ0v) is 10.7. The molecule has 3 nitrogen and oxygen atoms in total. The first kappa shape index (κ1) is 11.6. The van der Waals surface area contributed by atoms with Crippen LogP contribution < -0.4 is 5.32 Å². The van der Waals surface area contributed by atoms with Crippen LogP contribution in [0.15, 0.2) is 0 Å². The molecule has 1 heterocycles. The van der Waals surface area contributed by atoms with E-state index in [0.717, 1.165) is 18.8 Å². The Hall–Kier alpha value is -0.830. The number of H-pyrrole nitrogens is 1. The Morgan fingerprint density at radius 3 is 2.69 bits per heavy atom. The van der Waals surface area contributed by atoms with E-state index in [-0.39, 0.29) is 5.54 Å². The maximum Gasteiger partial charge on any atom is 0.120 e. The Morgan fingerprint density at radius 1 is 1.19 bits per heavy atom. The number of fused-ring (bicyclic) bond motifs is 1. The maximum atomic E-state index is 4.70. The zero-order valence-electron chi connectivity index (χ0n) is 10.7. The van der Waals surface area contributed by atoms with Crippen molar-refractivity contribution in [1.29, 1.82) is 0 Å². The number of imidazole rings is 1. The van der Waals surface area contributed by atoms with Crippen LogP contribution in [0.2, 0.25) is 0 Å². The van der Waals surface area contributed by atoms with E-state index in [4.69, 9.17) is 4.98 Å². The van der Waals surface area contributed by atoms with Crippen molar-refractivity contribution < 1.29 is 0 Å². The van der Waals surface area contributed by atoms with Gasteiger partial charge in [-0.05, 0) is 46.5 Å². The van der Waals surface area contributed by atoms with Crippen molar-refractivity contribution in [2.45, 2.75) is 65.0 Å². The fourth-order valence-corrected chi connectivity index (χ4v) is 2.12. The van der Waals surface area contributed by atoms with E-state index in [2.05, 4.69) is 31.1 Å². The second-order valence-electron chi connectivity index (χ2n) is 5.77. The fraction of sp³-hybridized carbons (Fsp3) is 0.769. The number of hydrogen-bond acceptors (Lipinski definition) is 2. The van der Waals surface area contributed by atoms with E-state index in [1.54, 1.807) is 0 Å². The van der Waals surface area contributed by atoms with Crippen LogP contribution in [0, 0.1) is 0 Å². The van der Waals surface area contributed by atoms with Crippen LogP contribution in [0.4, 0.5) is 0 Å². The third kappa shape index (κ3) is 3.08. The third-order valence-corrected chi connectivity index (χ3v) is 3.04. The predicted molar refractivity (Wildman–Crippen MR) is 66.4 cm³/mol. The Kier molecular flexibility index (Phi) is 3.33. The Balaban J connectivity index is 2.01. The molecule has 0 radical (unpaired) electrons. The van der Waals surface area contributed by atoms with E-state index in [1.165, 1.54) is 37.1 Å². The Morgan fingerprint density at radius 2 is 1.94 bits per heavy atom. The maximum absolute atomic E-state index is 4.70. The molecule has 0 aliphatic heterocycles. The van der Waals surface area contributed by atoms with Gasteiger partial charge in [-0.3, -0.25) is 0 Å². The van der Waals surface area contributed by atoms with E-state index in [0.29, 0.717) is 0 Å². The van der Waals surface area contributed by atoms with Gasteiger partial charge in [0.1, 0.15) is 5.82 Å². The molecule has 16 heavy (non-hydrogen) atoms. The van der Waals surface area contributed by atoms with Crippen LogP contribution in [-0.2, 0) is 19.4 Å². The first-order valence-corrected chi connectivity index (χ1v) is 6.36. The lowest BCUT2D eigenvalue weighted by Gasteiger charge is -2.19. The number of hydrogen-bond donors (Lipinski definition) is 2. The summed E-state index contributed by atoms with van der Waals surface area (Å²) < 4.78 is 0. The molecule has 0 atom stereocenters. The molecule has 1 aromatic rings. The second-order valence-corrected chi connectivity index (χ2v) is 5.77. The molecule has 3 heteroatoms. The molecule has 1 aliphatic carbocycles. The first-order chi connectivity index (χ1) is 7.54. The standard InChI is InChI=1S/C13H23N3/c1-13(2,3)14-9-12-15-10-7-5-4-6-8-11(10)16-12/h14H,4-9H2,1-3H3,(H,15,16). The van der Waals surface area contributed by atoms with Crippen molar-refractivity contribution in [3.63, 3.8) is 0 Å². The van der Waals surface area contributed by atoms with Crippen LogP contribution in [0.5, 0.6) is 0 Å². The molecule has 1 aromatic heterocycles. The normalized spacial score (nSPS) is 16.9. The molecule has 1 aliphatic rings. The van der Waals surface area contributed by atoms with Crippen molar-refractivity contribution in [1.82, 2.24) is 15.3 Å².